The Morgan fingerprint density at radius 2 is 1.90 bits per heavy atom. The number of aromatic nitrogens is 2. The molecule has 1 aliphatic heterocycles. The Hall–Kier alpha value is -1.78. The van der Waals surface area contributed by atoms with Gasteiger partial charge in [0.1, 0.15) is 16.5 Å². The lowest BCUT2D eigenvalue weighted by molar-refractivity contribution is -0.0339. The Labute approximate surface area is 193 Å². The van der Waals surface area contributed by atoms with Crippen molar-refractivity contribution >= 4 is 37.6 Å². The molecule has 2 N–H and O–H groups in total. The average molecular weight is 529 g/mol. The van der Waals surface area contributed by atoms with Crippen LogP contribution in [0.2, 0.25) is 5.02 Å². The van der Waals surface area contributed by atoms with Gasteiger partial charge in [-0.25, -0.2) is 17.8 Å². The van der Waals surface area contributed by atoms with Gasteiger partial charge >= 0.3 is 0 Å². The lowest BCUT2D eigenvalue weighted by Crippen LogP contribution is -2.57. The molecule has 0 saturated carbocycles. The summed E-state index contributed by atoms with van der Waals surface area (Å²) in [6.07, 6.45) is 1.56. The quantitative estimate of drug-likeness (QED) is 0.503. The Morgan fingerprint density at radius 3 is 2.55 bits per heavy atom. The number of sulfonamides is 1. The molecule has 0 spiro atoms. The zero-order valence-corrected chi connectivity index (χ0v) is 19.9. The van der Waals surface area contributed by atoms with Crippen LogP contribution in [0.5, 0.6) is 0 Å². The molecule has 1 fully saturated rings. The van der Waals surface area contributed by atoms with E-state index in [2.05, 4.69) is 25.9 Å². The van der Waals surface area contributed by atoms with Crippen molar-refractivity contribution in [1.82, 2.24) is 14.3 Å². The van der Waals surface area contributed by atoms with E-state index in [-0.39, 0.29) is 28.9 Å². The molecule has 1 aliphatic rings. The first-order valence-electron chi connectivity index (χ1n) is 9.49. The lowest BCUT2D eigenvalue weighted by Gasteiger charge is -2.44. The lowest BCUT2D eigenvalue weighted by atomic mass is 9.86. The van der Waals surface area contributed by atoms with E-state index in [0.29, 0.717) is 27.1 Å². The second-order valence-electron chi connectivity index (χ2n) is 8.09. The summed E-state index contributed by atoms with van der Waals surface area (Å²) in [5.74, 6) is -0.0972. The van der Waals surface area contributed by atoms with E-state index in [0.717, 1.165) is 0 Å². The molecule has 31 heavy (non-hydrogen) atoms. The van der Waals surface area contributed by atoms with Gasteiger partial charge in [-0.2, -0.15) is 4.31 Å². The molecule has 1 aromatic heterocycles. The van der Waals surface area contributed by atoms with Crippen LogP contribution >= 0.6 is 27.5 Å². The van der Waals surface area contributed by atoms with Crippen molar-refractivity contribution in [1.29, 1.82) is 0 Å². The van der Waals surface area contributed by atoms with Gasteiger partial charge < -0.3 is 10.1 Å². The van der Waals surface area contributed by atoms with Gasteiger partial charge in [-0.15, -0.1) is 0 Å². The molecule has 4 rings (SSSR count). The summed E-state index contributed by atoms with van der Waals surface area (Å²) in [5, 5.41) is 10.2. The molecule has 10 heteroatoms. The van der Waals surface area contributed by atoms with Crippen molar-refractivity contribution in [2.45, 2.75) is 24.3 Å². The fourth-order valence-electron chi connectivity index (χ4n) is 3.35. The summed E-state index contributed by atoms with van der Waals surface area (Å²) < 4.78 is 41.7. The minimum Gasteiger partial charge on any atom is -0.390 e. The van der Waals surface area contributed by atoms with Gasteiger partial charge in [0.15, 0.2) is 0 Å². The average Bonchev–Trinajstić information content (AvgIpc) is 3.11. The highest BCUT2D eigenvalue weighted by Crippen LogP contribution is 2.35. The molecule has 3 aromatic rings. The molecule has 2 heterocycles. The topological polar surface area (TPSA) is 86.3 Å². The van der Waals surface area contributed by atoms with Gasteiger partial charge in [0.05, 0.1) is 27.0 Å². The smallest absolute Gasteiger partial charge is 0.244 e. The van der Waals surface area contributed by atoms with Crippen LogP contribution in [0.15, 0.2) is 52.0 Å². The fourth-order valence-corrected chi connectivity index (χ4v) is 5.62. The number of imidazole rings is 1. The third kappa shape index (κ3) is 4.29. The molecule has 0 bridgehead atoms. The van der Waals surface area contributed by atoms with Crippen LogP contribution in [-0.4, -0.2) is 46.5 Å². The first-order valence-corrected chi connectivity index (χ1v) is 12.1. The van der Waals surface area contributed by atoms with Crippen LogP contribution in [0.1, 0.15) is 13.8 Å². The van der Waals surface area contributed by atoms with Crippen LogP contribution < -0.4 is 0 Å². The van der Waals surface area contributed by atoms with Crippen LogP contribution in [-0.2, 0) is 10.0 Å². The van der Waals surface area contributed by atoms with E-state index in [4.69, 9.17) is 11.6 Å². The number of benzene rings is 2. The molecular formula is C21H20BrClFN3O3S. The van der Waals surface area contributed by atoms with Crippen molar-refractivity contribution in [3.05, 3.63) is 57.9 Å². The summed E-state index contributed by atoms with van der Waals surface area (Å²) in [6, 6.07) is 9.37. The molecular weight excluding hydrogens is 509 g/mol. The van der Waals surface area contributed by atoms with E-state index < -0.39 is 21.4 Å². The number of aliphatic hydroxyl groups is 1. The number of hydrogen-bond acceptors (Lipinski definition) is 4. The highest BCUT2D eigenvalue weighted by molar-refractivity contribution is 9.10. The van der Waals surface area contributed by atoms with Crippen LogP contribution in [0.3, 0.4) is 0 Å². The zero-order valence-electron chi connectivity index (χ0n) is 16.7. The van der Waals surface area contributed by atoms with Crippen molar-refractivity contribution in [2.24, 2.45) is 5.92 Å². The van der Waals surface area contributed by atoms with E-state index in [1.54, 1.807) is 38.2 Å². The first kappa shape index (κ1) is 22.4. The van der Waals surface area contributed by atoms with Crippen molar-refractivity contribution < 1.29 is 17.9 Å². The number of aromatic amines is 1. The molecule has 2 aromatic carbocycles. The number of nitrogens with zero attached hydrogens (tertiary/aromatic N) is 2. The summed E-state index contributed by atoms with van der Waals surface area (Å²) in [5.41, 5.74) is 0.789. The summed E-state index contributed by atoms with van der Waals surface area (Å²) in [6.45, 7) is 3.79. The maximum atomic E-state index is 13.9. The van der Waals surface area contributed by atoms with Gasteiger partial charge in [0.2, 0.25) is 10.0 Å². The van der Waals surface area contributed by atoms with Gasteiger partial charge in [-0.1, -0.05) is 17.7 Å². The van der Waals surface area contributed by atoms with Gasteiger partial charge in [0, 0.05) is 30.1 Å². The van der Waals surface area contributed by atoms with Crippen molar-refractivity contribution in [2.75, 3.05) is 13.1 Å². The van der Waals surface area contributed by atoms with Crippen molar-refractivity contribution in [3.8, 4) is 22.6 Å². The van der Waals surface area contributed by atoms with Gasteiger partial charge in [-0.05, 0) is 60.1 Å². The van der Waals surface area contributed by atoms with E-state index in [1.807, 2.05) is 0 Å². The largest absolute Gasteiger partial charge is 0.390 e. The van der Waals surface area contributed by atoms with Gasteiger partial charge in [-0.3, -0.25) is 0 Å². The van der Waals surface area contributed by atoms with E-state index in [9.17, 15) is 17.9 Å². The van der Waals surface area contributed by atoms with E-state index >= 15 is 0 Å². The molecule has 0 radical (unpaired) electrons. The second kappa shape index (κ2) is 7.97. The van der Waals surface area contributed by atoms with Crippen LogP contribution in [0.25, 0.3) is 22.6 Å². The fraction of sp³-hybridized carbons (Fsp3) is 0.286. The maximum absolute atomic E-state index is 13.9. The Bertz CT molecular complexity index is 1250. The predicted octanol–water partition coefficient (Wildman–Crippen LogP) is 4.69. The Balaban J connectivity index is 1.63. The van der Waals surface area contributed by atoms with Crippen LogP contribution in [0, 0.1) is 11.7 Å². The molecule has 0 unspecified atom stereocenters. The zero-order chi connectivity index (χ0) is 22.6. The summed E-state index contributed by atoms with van der Waals surface area (Å²) >= 11 is 9.35. The molecule has 164 valence electrons. The number of halogens is 3. The summed E-state index contributed by atoms with van der Waals surface area (Å²) in [7, 11) is -3.82. The number of rotatable bonds is 5. The first-order chi connectivity index (χ1) is 14.5. The van der Waals surface area contributed by atoms with E-state index in [1.165, 1.54) is 22.5 Å². The molecule has 1 saturated heterocycles. The number of H-pyrrole nitrogens is 1. The molecule has 0 atom stereocenters. The third-order valence-corrected chi connectivity index (χ3v) is 8.43. The van der Waals surface area contributed by atoms with Gasteiger partial charge in [0.25, 0.3) is 0 Å². The minimum atomic E-state index is -3.82. The number of hydrogen-bond donors (Lipinski definition) is 2. The molecule has 6 nitrogen and oxygen atoms in total. The standard InChI is InChI=1S/C21H20BrClFN3O3S/c1-21(2,28)14-10-27(11-14)31(29,30)19-8-13(4-6-16(19)23)20-25-9-18(26-20)12-3-5-15(22)17(24)7-12/h3-9,14,28H,10-11H2,1-2H3,(H,25,26). The minimum absolute atomic E-state index is 0.0199. The second-order valence-corrected chi connectivity index (χ2v) is 11.3. The normalized spacial score (nSPS) is 15.8. The van der Waals surface area contributed by atoms with Crippen LogP contribution in [0.4, 0.5) is 4.39 Å². The summed E-state index contributed by atoms with van der Waals surface area (Å²) in [4.78, 5) is 7.39. The van der Waals surface area contributed by atoms with Crippen molar-refractivity contribution in [3.63, 3.8) is 0 Å². The highest BCUT2D eigenvalue weighted by atomic mass is 79.9. The maximum Gasteiger partial charge on any atom is 0.244 e. The highest BCUT2D eigenvalue weighted by Gasteiger charge is 2.44. The molecule has 0 aliphatic carbocycles. The third-order valence-electron chi connectivity index (χ3n) is 5.48. The SMILES string of the molecule is CC(C)(O)C1CN(S(=O)(=O)c2cc(-c3ncc(-c4ccc(Br)c(F)c4)[nH]3)ccc2Cl)C1. The Morgan fingerprint density at radius 1 is 1.23 bits per heavy atom. The Kier molecular flexibility index (Phi) is 5.76. The number of nitrogens with one attached hydrogen (secondary N) is 1. The monoisotopic (exact) mass is 527 g/mol. The molecule has 0 amide bonds. The predicted molar refractivity (Wildman–Crippen MR) is 121 cm³/mol.